The zero-order valence-electron chi connectivity index (χ0n) is 17.7. The maximum Gasteiger partial charge on any atom is 0.311 e. The molecule has 0 N–H and O–H groups in total. The summed E-state index contributed by atoms with van der Waals surface area (Å²) in [6, 6.07) is 18.7. The molecule has 0 spiro atoms. The Labute approximate surface area is 172 Å². The van der Waals surface area contributed by atoms with E-state index in [2.05, 4.69) is 37.3 Å². The third kappa shape index (κ3) is 5.14. The van der Waals surface area contributed by atoms with Gasteiger partial charge in [0.2, 0.25) is 5.88 Å². The molecular weight excluding hydrogens is 362 g/mol. The highest BCUT2D eigenvalue weighted by Crippen LogP contribution is 2.31. The molecule has 29 heavy (non-hydrogen) atoms. The molecule has 0 unspecified atom stereocenters. The van der Waals surface area contributed by atoms with Gasteiger partial charge in [0.1, 0.15) is 0 Å². The Kier molecular flexibility index (Phi) is 6.53. The molecule has 4 nitrogen and oxygen atoms in total. The Hall–Kier alpha value is -2.88. The SMILES string of the molecule is COC(=O)C(C)(C)CCCCOc1cc(-c2ccccc2)c2ccc(C)cc2n1. The lowest BCUT2D eigenvalue weighted by molar-refractivity contribution is -0.151. The molecule has 1 aromatic heterocycles. The molecule has 0 aliphatic carbocycles. The highest BCUT2D eigenvalue weighted by molar-refractivity contribution is 5.95. The maximum atomic E-state index is 11.8. The van der Waals surface area contributed by atoms with Gasteiger partial charge in [0.25, 0.3) is 0 Å². The van der Waals surface area contributed by atoms with Crippen LogP contribution in [-0.4, -0.2) is 24.7 Å². The van der Waals surface area contributed by atoms with Crippen molar-refractivity contribution in [3.63, 3.8) is 0 Å². The molecule has 0 bridgehead atoms. The van der Waals surface area contributed by atoms with Gasteiger partial charge in [0, 0.05) is 11.5 Å². The number of aromatic nitrogens is 1. The van der Waals surface area contributed by atoms with E-state index >= 15 is 0 Å². The minimum atomic E-state index is -0.464. The van der Waals surface area contributed by atoms with Gasteiger partial charge in [-0.05, 0) is 62.8 Å². The topological polar surface area (TPSA) is 48.4 Å². The quantitative estimate of drug-likeness (QED) is 0.351. The van der Waals surface area contributed by atoms with Crippen LogP contribution in [0.5, 0.6) is 5.88 Å². The van der Waals surface area contributed by atoms with E-state index in [4.69, 9.17) is 14.5 Å². The van der Waals surface area contributed by atoms with Crippen molar-refractivity contribution in [3.05, 3.63) is 60.2 Å². The molecule has 1 heterocycles. The van der Waals surface area contributed by atoms with Gasteiger partial charge in [0.05, 0.1) is 24.6 Å². The van der Waals surface area contributed by atoms with Gasteiger partial charge in [-0.2, -0.15) is 0 Å². The fraction of sp³-hybridized carbons (Fsp3) is 0.360. The Morgan fingerprint density at radius 3 is 2.52 bits per heavy atom. The normalized spacial score (nSPS) is 11.4. The smallest absolute Gasteiger partial charge is 0.311 e. The number of carbonyl (C=O) groups is 1. The Balaban J connectivity index is 1.72. The predicted octanol–water partition coefficient (Wildman–Crippen LogP) is 5.96. The van der Waals surface area contributed by atoms with Crippen LogP contribution in [0.1, 0.15) is 38.7 Å². The summed E-state index contributed by atoms with van der Waals surface area (Å²) < 4.78 is 10.9. The van der Waals surface area contributed by atoms with Crippen LogP contribution in [0.25, 0.3) is 22.0 Å². The first-order valence-electron chi connectivity index (χ1n) is 10.1. The van der Waals surface area contributed by atoms with E-state index in [-0.39, 0.29) is 5.97 Å². The van der Waals surface area contributed by atoms with Crippen LogP contribution in [0.2, 0.25) is 0 Å². The predicted molar refractivity (Wildman–Crippen MR) is 117 cm³/mol. The standard InChI is InChI=1S/C25H29NO3/c1-18-12-13-20-21(19-10-6-5-7-11-19)17-23(26-22(20)16-18)29-15-9-8-14-25(2,3)24(27)28-4/h5-7,10-13,16-17H,8-9,14-15H2,1-4H3. The fourth-order valence-electron chi connectivity index (χ4n) is 3.47. The number of unbranched alkanes of at least 4 members (excludes halogenated alkanes) is 1. The second kappa shape index (κ2) is 9.08. The van der Waals surface area contributed by atoms with Crippen molar-refractivity contribution >= 4 is 16.9 Å². The van der Waals surface area contributed by atoms with Crippen LogP contribution >= 0.6 is 0 Å². The number of esters is 1. The number of nitrogens with zero attached hydrogens (tertiary/aromatic N) is 1. The molecule has 0 fully saturated rings. The lowest BCUT2D eigenvalue weighted by atomic mass is 9.87. The molecule has 2 aromatic carbocycles. The van der Waals surface area contributed by atoms with E-state index in [0.29, 0.717) is 12.5 Å². The third-order valence-electron chi connectivity index (χ3n) is 5.21. The number of pyridine rings is 1. The largest absolute Gasteiger partial charge is 0.478 e. The zero-order valence-corrected chi connectivity index (χ0v) is 17.7. The summed E-state index contributed by atoms with van der Waals surface area (Å²) in [5, 5.41) is 1.12. The second-order valence-electron chi connectivity index (χ2n) is 8.08. The van der Waals surface area contributed by atoms with E-state index in [1.165, 1.54) is 12.7 Å². The van der Waals surface area contributed by atoms with E-state index in [9.17, 15) is 4.79 Å². The minimum Gasteiger partial charge on any atom is -0.478 e. The molecule has 0 atom stereocenters. The molecule has 152 valence electrons. The van der Waals surface area contributed by atoms with Crippen LogP contribution in [0, 0.1) is 12.3 Å². The number of methoxy groups -OCH3 is 1. The zero-order chi connectivity index (χ0) is 20.9. The van der Waals surface area contributed by atoms with Gasteiger partial charge in [-0.3, -0.25) is 4.79 Å². The van der Waals surface area contributed by atoms with Gasteiger partial charge in [-0.25, -0.2) is 4.98 Å². The summed E-state index contributed by atoms with van der Waals surface area (Å²) in [4.78, 5) is 16.5. The average molecular weight is 392 g/mol. The number of hydrogen-bond acceptors (Lipinski definition) is 4. The average Bonchev–Trinajstić information content (AvgIpc) is 2.72. The fourth-order valence-corrected chi connectivity index (χ4v) is 3.47. The van der Waals surface area contributed by atoms with Gasteiger partial charge in [0.15, 0.2) is 0 Å². The Morgan fingerprint density at radius 1 is 1.03 bits per heavy atom. The van der Waals surface area contributed by atoms with Crippen molar-refractivity contribution in [2.75, 3.05) is 13.7 Å². The number of ether oxygens (including phenoxy) is 2. The molecule has 0 saturated heterocycles. The molecule has 0 radical (unpaired) electrons. The van der Waals surface area contributed by atoms with Crippen molar-refractivity contribution in [3.8, 4) is 17.0 Å². The van der Waals surface area contributed by atoms with Crippen LogP contribution in [0.4, 0.5) is 0 Å². The van der Waals surface area contributed by atoms with E-state index < -0.39 is 5.41 Å². The summed E-state index contributed by atoms with van der Waals surface area (Å²) in [5.41, 5.74) is 3.92. The molecule has 0 amide bonds. The summed E-state index contributed by atoms with van der Waals surface area (Å²) in [6.07, 6.45) is 2.51. The highest BCUT2D eigenvalue weighted by Gasteiger charge is 2.27. The third-order valence-corrected chi connectivity index (χ3v) is 5.21. The number of fused-ring (bicyclic) bond motifs is 1. The molecule has 0 aliphatic heterocycles. The summed E-state index contributed by atoms with van der Waals surface area (Å²) in [7, 11) is 1.44. The molecule has 4 heteroatoms. The van der Waals surface area contributed by atoms with Crippen molar-refractivity contribution in [2.45, 2.75) is 40.0 Å². The first-order valence-corrected chi connectivity index (χ1v) is 10.1. The number of hydrogen-bond donors (Lipinski definition) is 0. The van der Waals surface area contributed by atoms with E-state index in [1.807, 2.05) is 38.1 Å². The van der Waals surface area contributed by atoms with Crippen molar-refractivity contribution in [1.29, 1.82) is 0 Å². The highest BCUT2D eigenvalue weighted by atomic mass is 16.5. The van der Waals surface area contributed by atoms with E-state index in [1.54, 1.807) is 0 Å². The van der Waals surface area contributed by atoms with Gasteiger partial charge in [-0.1, -0.05) is 42.5 Å². The lowest BCUT2D eigenvalue weighted by Gasteiger charge is -2.21. The van der Waals surface area contributed by atoms with Crippen molar-refractivity contribution in [1.82, 2.24) is 4.98 Å². The Bertz CT molecular complexity index is 980. The van der Waals surface area contributed by atoms with Gasteiger partial charge in [-0.15, -0.1) is 0 Å². The molecule has 3 aromatic rings. The summed E-state index contributed by atoms with van der Waals surface area (Å²) in [5.74, 6) is 0.465. The maximum absolute atomic E-state index is 11.8. The second-order valence-corrected chi connectivity index (χ2v) is 8.08. The first kappa shape index (κ1) is 20.8. The van der Waals surface area contributed by atoms with Gasteiger partial charge >= 0.3 is 5.97 Å². The molecule has 0 saturated carbocycles. The molecule has 3 rings (SSSR count). The summed E-state index contributed by atoms with van der Waals surface area (Å²) >= 11 is 0. The van der Waals surface area contributed by atoms with Crippen LogP contribution < -0.4 is 4.74 Å². The molecular formula is C25H29NO3. The first-order chi connectivity index (χ1) is 13.9. The van der Waals surface area contributed by atoms with E-state index in [0.717, 1.165) is 41.3 Å². The lowest BCUT2D eigenvalue weighted by Crippen LogP contribution is -2.25. The summed E-state index contributed by atoms with van der Waals surface area (Å²) in [6.45, 7) is 6.47. The van der Waals surface area contributed by atoms with Crippen LogP contribution in [-0.2, 0) is 9.53 Å². The number of aryl methyl sites for hydroxylation is 1. The van der Waals surface area contributed by atoms with Gasteiger partial charge < -0.3 is 9.47 Å². The number of carbonyl (C=O) groups excluding carboxylic acids is 1. The Morgan fingerprint density at radius 2 is 1.79 bits per heavy atom. The van der Waals surface area contributed by atoms with Crippen LogP contribution in [0.15, 0.2) is 54.6 Å². The minimum absolute atomic E-state index is 0.169. The molecule has 0 aliphatic rings. The number of rotatable bonds is 8. The monoisotopic (exact) mass is 391 g/mol. The van der Waals surface area contributed by atoms with Crippen LogP contribution in [0.3, 0.4) is 0 Å². The number of benzene rings is 2. The van der Waals surface area contributed by atoms with Crippen molar-refractivity contribution < 1.29 is 14.3 Å². The van der Waals surface area contributed by atoms with Crippen molar-refractivity contribution in [2.24, 2.45) is 5.41 Å².